The summed E-state index contributed by atoms with van der Waals surface area (Å²) in [5.41, 5.74) is -1.75. The van der Waals surface area contributed by atoms with Crippen LogP contribution in [0, 0.1) is 0 Å². The van der Waals surface area contributed by atoms with E-state index in [0.717, 1.165) is 24.3 Å². The third-order valence-corrected chi connectivity index (χ3v) is 6.18. The van der Waals surface area contributed by atoms with E-state index in [1.54, 1.807) is 23.6 Å². The minimum Gasteiger partial charge on any atom is -0.466 e. The summed E-state index contributed by atoms with van der Waals surface area (Å²) in [6, 6.07) is 10.1. The number of furan rings is 1. The molecule has 2 N–H and O–H groups in total. The van der Waals surface area contributed by atoms with Gasteiger partial charge in [-0.25, -0.2) is 13.1 Å². The summed E-state index contributed by atoms with van der Waals surface area (Å²) in [4.78, 5) is 0.175. The number of rotatable bonds is 7. The molecule has 1 aromatic carbocycles. The SMILES string of the molecule is O=S(=O)(NC[C@](O)(c1ccco1)c1cccs1)c1ccc(OC(F)(F)F)cc1. The van der Waals surface area contributed by atoms with Crippen molar-refractivity contribution in [2.75, 3.05) is 6.54 Å². The summed E-state index contributed by atoms with van der Waals surface area (Å²) < 4.78 is 72.9. The number of hydrogen-bond acceptors (Lipinski definition) is 6. The molecule has 0 spiro atoms. The van der Waals surface area contributed by atoms with E-state index in [1.807, 2.05) is 0 Å². The van der Waals surface area contributed by atoms with Gasteiger partial charge >= 0.3 is 6.36 Å². The van der Waals surface area contributed by atoms with Crippen LogP contribution in [0.5, 0.6) is 5.75 Å². The third-order valence-electron chi connectivity index (χ3n) is 3.74. The highest BCUT2D eigenvalue weighted by Gasteiger charge is 2.37. The van der Waals surface area contributed by atoms with E-state index < -0.39 is 34.3 Å². The van der Waals surface area contributed by atoms with Crippen LogP contribution in [-0.2, 0) is 15.6 Å². The Bertz CT molecular complexity index is 964. The maximum Gasteiger partial charge on any atom is 0.573 e. The number of ether oxygens (including phenoxy) is 1. The van der Waals surface area contributed by atoms with E-state index in [9.17, 15) is 26.7 Å². The average molecular weight is 433 g/mol. The van der Waals surface area contributed by atoms with E-state index in [0.29, 0.717) is 4.88 Å². The number of nitrogens with one attached hydrogen (secondary N) is 1. The molecule has 3 aromatic rings. The van der Waals surface area contributed by atoms with Crippen LogP contribution >= 0.6 is 11.3 Å². The van der Waals surface area contributed by atoms with Gasteiger partial charge in [0.2, 0.25) is 10.0 Å². The maximum absolute atomic E-state index is 12.5. The number of aliphatic hydroxyl groups is 1. The van der Waals surface area contributed by atoms with Crippen LogP contribution in [0.1, 0.15) is 10.6 Å². The monoisotopic (exact) mass is 433 g/mol. The lowest BCUT2D eigenvalue weighted by Crippen LogP contribution is -2.40. The van der Waals surface area contributed by atoms with Crippen LogP contribution in [-0.4, -0.2) is 26.4 Å². The van der Waals surface area contributed by atoms with Gasteiger partial charge in [-0.15, -0.1) is 24.5 Å². The number of thiophene rings is 1. The number of halogens is 3. The molecular weight excluding hydrogens is 419 g/mol. The highest BCUT2D eigenvalue weighted by molar-refractivity contribution is 7.89. The highest BCUT2D eigenvalue weighted by atomic mass is 32.2. The van der Waals surface area contributed by atoms with Crippen molar-refractivity contribution in [3.8, 4) is 5.75 Å². The quantitative estimate of drug-likeness (QED) is 0.596. The second-order valence-corrected chi connectivity index (χ2v) is 8.37. The molecule has 0 unspecified atom stereocenters. The van der Waals surface area contributed by atoms with Crippen molar-refractivity contribution in [3.63, 3.8) is 0 Å². The standard InChI is InChI=1S/C17H14F3NO5S2/c18-17(19,20)26-12-5-7-13(8-6-12)28(23,24)21-11-16(22,14-3-1-9-25-14)15-4-2-10-27-15/h1-10,21-22H,11H2/t16-/m0/s1. The number of hydrogen-bond donors (Lipinski definition) is 2. The van der Waals surface area contributed by atoms with Gasteiger partial charge in [-0.05, 0) is 47.8 Å². The third kappa shape index (κ3) is 4.55. The lowest BCUT2D eigenvalue weighted by atomic mass is 9.99. The van der Waals surface area contributed by atoms with Gasteiger partial charge in [0.1, 0.15) is 11.5 Å². The van der Waals surface area contributed by atoms with Crippen molar-refractivity contribution in [1.82, 2.24) is 4.72 Å². The lowest BCUT2D eigenvalue weighted by molar-refractivity contribution is -0.274. The van der Waals surface area contributed by atoms with Crippen LogP contribution < -0.4 is 9.46 Å². The van der Waals surface area contributed by atoms with Gasteiger partial charge in [-0.2, -0.15) is 0 Å². The minimum absolute atomic E-state index is 0.145. The molecule has 0 amide bonds. The van der Waals surface area contributed by atoms with E-state index in [-0.39, 0.29) is 10.7 Å². The van der Waals surface area contributed by atoms with Crippen LogP contribution in [0.15, 0.2) is 69.5 Å². The first-order chi connectivity index (χ1) is 13.1. The Labute approximate surface area is 162 Å². The zero-order valence-electron chi connectivity index (χ0n) is 14.0. The molecule has 0 fully saturated rings. The topological polar surface area (TPSA) is 88.8 Å². The van der Waals surface area contributed by atoms with Gasteiger partial charge in [0.25, 0.3) is 0 Å². The molecule has 1 atom stereocenters. The fourth-order valence-electron chi connectivity index (χ4n) is 2.43. The summed E-state index contributed by atoms with van der Waals surface area (Å²) in [6.45, 7) is -0.440. The molecule has 2 aromatic heterocycles. The van der Waals surface area contributed by atoms with Gasteiger partial charge in [0.05, 0.1) is 17.7 Å². The van der Waals surface area contributed by atoms with Crippen LogP contribution in [0.3, 0.4) is 0 Å². The summed E-state index contributed by atoms with van der Waals surface area (Å²) >= 11 is 1.21. The first-order valence-corrected chi connectivity index (χ1v) is 10.1. The summed E-state index contributed by atoms with van der Waals surface area (Å²) in [5.74, 6) is -0.399. The van der Waals surface area contributed by atoms with Crippen molar-refractivity contribution in [2.45, 2.75) is 16.9 Å². The Balaban J connectivity index is 1.80. The first kappa shape index (κ1) is 20.4. The van der Waals surface area contributed by atoms with E-state index >= 15 is 0 Å². The Hall–Kier alpha value is -2.34. The molecule has 0 aliphatic carbocycles. The zero-order chi connectivity index (χ0) is 20.4. The summed E-state index contributed by atoms with van der Waals surface area (Å²) in [6.07, 6.45) is -3.53. The Morgan fingerprint density at radius 3 is 2.36 bits per heavy atom. The molecule has 0 radical (unpaired) electrons. The Morgan fingerprint density at radius 1 is 1.11 bits per heavy atom. The van der Waals surface area contributed by atoms with Crippen LogP contribution in [0.2, 0.25) is 0 Å². The fraction of sp³-hybridized carbons (Fsp3) is 0.176. The minimum atomic E-state index is -4.88. The van der Waals surface area contributed by atoms with Gasteiger partial charge in [0, 0.05) is 4.88 Å². The molecule has 28 heavy (non-hydrogen) atoms. The second kappa shape index (κ2) is 7.59. The molecule has 0 saturated carbocycles. The van der Waals surface area contributed by atoms with E-state index in [2.05, 4.69) is 9.46 Å². The molecule has 3 rings (SSSR count). The molecule has 6 nitrogen and oxygen atoms in total. The van der Waals surface area contributed by atoms with Crippen molar-refractivity contribution < 1.29 is 35.8 Å². The lowest BCUT2D eigenvalue weighted by Gasteiger charge is -2.25. The Kier molecular flexibility index (Phi) is 5.53. The molecule has 150 valence electrons. The van der Waals surface area contributed by atoms with Crippen molar-refractivity contribution in [2.24, 2.45) is 0 Å². The number of alkyl halides is 3. The van der Waals surface area contributed by atoms with Crippen molar-refractivity contribution in [1.29, 1.82) is 0 Å². The smallest absolute Gasteiger partial charge is 0.466 e. The van der Waals surface area contributed by atoms with E-state index in [1.165, 1.54) is 23.7 Å². The fourth-order valence-corrected chi connectivity index (χ4v) is 4.32. The van der Waals surface area contributed by atoms with Gasteiger partial charge in [-0.1, -0.05) is 6.07 Å². The molecule has 0 aliphatic heterocycles. The maximum atomic E-state index is 12.5. The largest absolute Gasteiger partial charge is 0.573 e. The van der Waals surface area contributed by atoms with Crippen molar-refractivity contribution in [3.05, 3.63) is 70.8 Å². The van der Waals surface area contributed by atoms with Gasteiger partial charge in [0.15, 0.2) is 5.60 Å². The predicted octanol–water partition coefficient (Wildman–Crippen LogP) is 3.45. The predicted molar refractivity (Wildman–Crippen MR) is 94.3 cm³/mol. The first-order valence-electron chi connectivity index (χ1n) is 7.76. The molecular formula is C17H14F3NO5S2. The van der Waals surface area contributed by atoms with Crippen molar-refractivity contribution >= 4 is 21.4 Å². The average Bonchev–Trinajstić information content (AvgIpc) is 3.32. The summed E-state index contributed by atoms with van der Waals surface area (Å²) in [7, 11) is -4.12. The summed E-state index contributed by atoms with van der Waals surface area (Å²) in [5, 5.41) is 12.8. The zero-order valence-corrected chi connectivity index (χ0v) is 15.6. The molecule has 0 aliphatic rings. The van der Waals surface area contributed by atoms with Crippen LogP contribution in [0.25, 0.3) is 0 Å². The normalized spacial score (nSPS) is 14.6. The van der Waals surface area contributed by atoms with E-state index in [4.69, 9.17) is 4.42 Å². The molecule has 0 bridgehead atoms. The number of benzene rings is 1. The highest BCUT2D eigenvalue weighted by Crippen LogP contribution is 2.33. The Morgan fingerprint density at radius 2 is 1.82 bits per heavy atom. The van der Waals surface area contributed by atoms with Gasteiger partial charge in [-0.3, -0.25) is 0 Å². The molecule has 2 heterocycles. The second-order valence-electron chi connectivity index (χ2n) is 5.66. The van der Waals surface area contributed by atoms with Crippen LogP contribution in [0.4, 0.5) is 13.2 Å². The van der Waals surface area contributed by atoms with Gasteiger partial charge < -0.3 is 14.3 Å². The number of sulfonamides is 1. The molecule has 0 saturated heterocycles. The molecule has 11 heteroatoms.